The summed E-state index contributed by atoms with van der Waals surface area (Å²) in [6.07, 6.45) is 10.6. The number of H-pyrrole nitrogens is 1. The quantitative estimate of drug-likeness (QED) is 0.00872. The van der Waals surface area contributed by atoms with Gasteiger partial charge >= 0.3 is 29.9 Å². The molecule has 1 fully saturated rings. The largest absolute Gasteiger partial charge is 0.494 e. The second-order valence-electron chi connectivity index (χ2n) is 30.5. The van der Waals surface area contributed by atoms with E-state index in [1.807, 2.05) is 92.3 Å². The minimum atomic E-state index is -0.584. The van der Waals surface area contributed by atoms with Crippen molar-refractivity contribution < 1.29 is 110 Å². The Balaban J connectivity index is 0.000000221. The monoisotopic (exact) mass is 1860 g/mol. The number of aromatic hydroxyl groups is 1. The molecule has 12 amide bonds. The summed E-state index contributed by atoms with van der Waals surface area (Å²) in [4.78, 5) is 211. The number of carbonyl (C=O) groups is 17. The Labute approximate surface area is 784 Å². The molecule has 0 spiro atoms. The zero-order valence-electron chi connectivity index (χ0n) is 76.9. The third-order valence-electron chi connectivity index (χ3n) is 19.2. The summed E-state index contributed by atoms with van der Waals surface area (Å²) in [6.45, 7) is 36.2. The molecule has 136 heavy (non-hydrogen) atoms. The maximum Gasteiger partial charge on any atom is 0.333 e. The molecule has 708 valence electrons. The molecule has 5 aliphatic heterocycles. The summed E-state index contributed by atoms with van der Waals surface area (Å²) in [5.41, 5.74) is 10.1. The van der Waals surface area contributed by atoms with Crippen molar-refractivity contribution >= 4 is 118 Å². The smallest absolute Gasteiger partial charge is 0.333 e. The number of anilines is 2. The van der Waals surface area contributed by atoms with Crippen LogP contribution in [0.15, 0.2) is 242 Å². The summed E-state index contributed by atoms with van der Waals surface area (Å²) < 4.78 is 27.4. The van der Waals surface area contributed by atoms with Gasteiger partial charge in [-0.25, -0.2) is 38.8 Å². The molecule has 8 heterocycles. The van der Waals surface area contributed by atoms with Gasteiger partial charge in [0, 0.05) is 156 Å². The van der Waals surface area contributed by atoms with Gasteiger partial charge in [0.1, 0.15) is 24.0 Å². The average molecular weight is 1860 g/mol. The number of benzene rings is 5. The number of ketones is 2. The van der Waals surface area contributed by atoms with Gasteiger partial charge in [-0.1, -0.05) is 130 Å². The lowest BCUT2D eigenvalue weighted by atomic mass is 9.83. The number of ether oxygens (including phenoxy) is 5. The molecular weight excluding hydrogens is 1750 g/mol. The summed E-state index contributed by atoms with van der Waals surface area (Å²) in [5.74, 6) is -2.63. The SMILES string of the molecule is C=C(C)C(=O)NCCCn1nc(C)nc1C.C=C(C)C(=O)OCCCN1C(=O)CCC1=O.C=C(C)C(=O)OCCCOc1cccc(-c2[nH]c(O)c3c2C(=O)N=C3c2ccccc2)c1.C=C(C)C(=O)OCCNC(=O)Nc1cccc2c1C(=O)c1ccccc1C2=O.C=C(C)C(=O)OCCc1cc(C)nc(C)c1.CN1C(=O)C=CC1=O.O=C1C=CC(=O)N1.O=C1C=CC(=O)N1c1ccccc1. The van der Waals surface area contributed by atoms with Crippen molar-refractivity contribution in [3.63, 3.8) is 0 Å². The number of likely N-dealkylation sites (N-methyl/N-ethyl adjacent to an activating group) is 1. The van der Waals surface area contributed by atoms with Crippen molar-refractivity contribution in [1.29, 1.82) is 0 Å². The van der Waals surface area contributed by atoms with E-state index in [1.165, 1.54) is 55.3 Å². The van der Waals surface area contributed by atoms with E-state index in [0.29, 0.717) is 131 Å². The van der Waals surface area contributed by atoms with E-state index in [-0.39, 0.29) is 125 Å². The summed E-state index contributed by atoms with van der Waals surface area (Å²) in [7, 11) is 1.45. The lowest BCUT2D eigenvalue weighted by Crippen LogP contribution is -2.33. The topological polar surface area (TPSA) is 486 Å². The van der Waals surface area contributed by atoms with Gasteiger partial charge in [0.25, 0.3) is 41.4 Å². The van der Waals surface area contributed by atoms with Gasteiger partial charge < -0.3 is 49.7 Å². The minimum absolute atomic E-state index is 0.0171. The second-order valence-corrected chi connectivity index (χ2v) is 30.5. The minimum Gasteiger partial charge on any atom is -0.494 e. The maximum atomic E-state index is 12.9. The van der Waals surface area contributed by atoms with Gasteiger partial charge in [-0.3, -0.25) is 82.3 Å². The van der Waals surface area contributed by atoms with Crippen LogP contribution in [0.1, 0.15) is 149 Å². The number of hydrogen-bond donors (Lipinski definition) is 6. The van der Waals surface area contributed by atoms with Gasteiger partial charge in [0.15, 0.2) is 17.4 Å². The number of imide groups is 4. The number of nitrogens with one attached hydrogen (secondary N) is 5. The number of aromatic amines is 1. The fourth-order valence-corrected chi connectivity index (χ4v) is 12.5. The summed E-state index contributed by atoms with van der Waals surface area (Å²) in [6, 6.07) is 40.0. The number of fused-ring (bicyclic) bond motifs is 3. The van der Waals surface area contributed by atoms with Crippen molar-refractivity contribution in [1.82, 2.24) is 50.5 Å². The molecule has 6 N–H and O–H groups in total. The van der Waals surface area contributed by atoms with Crippen molar-refractivity contribution in [3.8, 4) is 22.9 Å². The van der Waals surface area contributed by atoms with Crippen LogP contribution in [0.4, 0.5) is 16.2 Å². The van der Waals surface area contributed by atoms with Crippen LogP contribution in [0.25, 0.3) is 11.3 Å². The molecule has 0 bridgehead atoms. The number of aromatic nitrogens is 5. The van der Waals surface area contributed by atoms with Crippen LogP contribution < -0.4 is 30.9 Å². The molecule has 36 nitrogen and oxygen atoms in total. The number of rotatable bonds is 28. The molecular formula is C100H105N13O23. The normalized spacial score (nSPS) is 13.0. The average Bonchev–Trinajstić information content (AvgIpc) is 1.64. The first-order valence-corrected chi connectivity index (χ1v) is 42.4. The molecule has 1 aliphatic carbocycles. The molecule has 1 saturated heterocycles. The molecule has 14 rings (SSSR count). The van der Waals surface area contributed by atoms with E-state index in [4.69, 9.17) is 23.7 Å². The number of urea groups is 1. The number of likely N-dealkylation sites (tertiary alicyclic amines) is 1. The third-order valence-corrected chi connectivity index (χ3v) is 19.2. The molecule has 0 saturated carbocycles. The van der Waals surface area contributed by atoms with Crippen LogP contribution in [0.3, 0.4) is 0 Å². The van der Waals surface area contributed by atoms with Crippen molar-refractivity contribution in [2.24, 2.45) is 4.99 Å². The molecule has 3 aromatic heterocycles. The highest BCUT2D eigenvalue weighted by Crippen LogP contribution is 2.39. The van der Waals surface area contributed by atoms with E-state index < -0.39 is 29.8 Å². The van der Waals surface area contributed by atoms with Gasteiger partial charge in [-0.2, -0.15) is 5.10 Å². The Bertz CT molecular complexity index is 6020. The number of para-hydroxylation sites is 1. The number of nitrogens with zero attached hydrogens (tertiary/aromatic N) is 8. The number of aryl methyl sites for hydroxylation is 5. The Morgan fingerprint density at radius 1 is 0.485 bits per heavy atom. The van der Waals surface area contributed by atoms with Crippen LogP contribution in [0, 0.1) is 27.7 Å². The van der Waals surface area contributed by atoms with E-state index in [2.05, 4.69) is 73.9 Å². The van der Waals surface area contributed by atoms with Gasteiger partial charge in [0.05, 0.1) is 72.4 Å². The van der Waals surface area contributed by atoms with Crippen LogP contribution in [-0.2, 0) is 94.2 Å². The third kappa shape index (κ3) is 32.3. The molecule has 36 heteroatoms. The van der Waals surface area contributed by atoms with Gasteiger partial charge in [0.2, 0.25) is 17.7 Å². The first kappa shape index (κ1) is 106. The van der Waals surface area contributed by atoms with Crippen LogP contribution in [-0.4, -0.2) is 206 Å². The Morgan fingerprint density at radius 3 is 1.51 bits per heavy atom. The lowest BCUT2D eigenvalue weighted by molar-refractivity contribution is -0.141. The van der Waals surface area contributed by atoms with Crippen molar-refractivity contribution in [3.05, 3.63) is 304 Å². The van der Waals surface area contributed by atoms with E-state index in [1.54, 1.807) is 113 Å². The molecule has 0 atom stereocenters. The predicted octanol–water partition coefficient (Wildman–Crippen LogP) is 10.8. The Kier molecular flexibility index (Phi) is 40.7. The van der Waals surface area contributed by atoms with Gasteiger partial charge in [-0.15, -0.1) is 0 Å². The molecule has 8 aromatic rings. The number of esters is 4. The second kappa shape index (κ2) is 52.2. The maximum absolute atomic E-state index is 12.9. The Hall–Kier alpha value is -17.0. The summed E-state index contributed by atoms with van der Waals surface area (Å²) >= 11 is 0. The van der Waals surface area contributed by atoms with Crippen molar-refractivity contribution in [2.75, 3.05) is 69.9 Å². The first-order chi connectivity index (χ1) is 64.6. The molecule has 0 radical (unpaired) electrons. The zero-order valence-corrected chi connectivity index (χ0v) is 76.9. The standard InChI is InChI=1S/C25H22N2O5.C21H18N2O5.C13H17NO2.C11H18N4O.C11H15NO4.C10H7NO2.C5H5NO2.C4H3NO2/c1-15(2)25(30)32-13-7-12-31-18-11-6-10-17(14-18)22-20-19(23(28)27-22)21(26-24(20)29)16-8-4-3-5-9-16;1-12(2)20(26)28-11-10-22-21(27)23-16-9-5-8-15-17(16)19(25)14-7-4-3-6-13(14)18(15)24;1-9(2)13(15)16-6-5-12-7-10(3)14-11(4)8-12;1-8(2)11(16)12-6-5-7-15-10(4)13-9(3)14-15;1-8(2)11(15)16-7-3-6-12-9(13)4-5-10(12)14;12-9-6-7-10(13)11(9)8-4-2-1-3-5-8;1-6-4(7)2-3-5(6)8;6-3-1-2-4(7)5-3/h3-6,8-11,14,27-28H,1,7,12-13H2,2H3;3-9H,1,10-11H2,2H3,(H2,22,23,27);7-8H,1,5-6H2,2-4H3;1,5-7H2,2-4H3,(H,12,16);1,3-7H2,2H3;1-7H;2-3H,1H3;1-2H,(H,5,6,7). The van der Waals surface area contributed by atoms with Crippen LogP contribution in [0.2, 0.25) is 0 Å². The van der Waals surface area contributed by atoms with E-state index >= 15 is 0 Å². The number of pyridine rings is 1. The molecule has 5 aromatic carbocycles. The van der Waals surface area contributed by atoms with E-state index in [0.717, 1.165) is 56.9 Å². The number of aliphatic imine (C=N–C) groups is 1. The van der Waals surface area contributed by atoms with E-state index in [9.17, 15) is 86.6 Å². The highest BCUT2D eigenvalue weighted by Gasteiger charge is 2.35. The number of hydrogen-bond acceptors (Lipinski definition) is 26. The van der Waals surface area contributed by atoms with Crippen molar-refractivity contribution in [2.45, 2.75) is 107 Å². The molecule has 0 unspecified atom stereocenters. The first-order valence-electron chi connectivity index (χ1n) is 42.4. The van der Waals surface area contributed by atoms with Crippen LogP contribution in [0.5, 0.6) is 11.6 Å². The zero-order chi connectivity index (χ0) is 100.0. The lowest BCUT2D eigenvalue weighted by Gasteiger charge is -2.20. The fourth-order valence-electron chi connectivity index (χ4n) is 12.5. The number of carbonyl (C=O) groups excluding carboxylic acids is 17. The fraction of sp³-hybridized carbons (Fsp3) is 0.250. The summed E-state index contributed by atoms with van der Waals surface area (Å²) in [5, 5.41) is 24.7. The predicted molar refractivity (Wildman–Crippen MR) is 501 cm³/mol. The van der Waals surface area contributed by atoms with Gasteiger partial charge in [-0.05, 0) is 123 Å². The van der Waals surface area contributed by atoms with Crippen LogP contribution >= 0.6 is 0 Å². The highest BCUT2D eigenvalue weighted by atomic mass is 16.5. The Morgan fingerprint density at radius 2 is 0.993 bits per heavy atom. The highest BCUT2D eigenvalue weighted by molar-refractivity contribution is 6.32. The molecule has 6 aliphatic rings. The number of amides is 12.